The molecule has 1 amide bonds. The van der Waals surface area contributed by atoms with E-state index in [0.717, 1.165) is 17.0 Å². The van der Waals surface area contributed by atoms with Crippen LogP contribution in [0.15, 0.2) is 52.2 Å². The molecule has 0 N–H and O–H groups in total. The third-order valence-corrected chi connectivity index (χ3v) is 6.30. The summed E-state index contributed by atoms with van der Waals surface area (Å²) < 4.78 is 5.64. The number of furan rings is 1. The minimum absolute atomic E-state index is 0.0158. The van der Waals surface area contributed by atoms with Gasteiger partial charge in [-0.25, -0.2) is 5.01 Å². The van der Waals surface area contributed by atoms with Crippen molar-refractivity contribution in [2.45, 2.75) is 57.0 Å². The minimum Gasteiger partial charge on any atom is -0.467 e. The summed E-state index contributed by atoms with van der Waals surface area (Å²) in [6.45, 7) is 0.374. The number of hydrogen-bond acceptors (Lipinski definition) is 4. The molecule has 1 aliphatic heterocycles. The highest BCUT2D eigenvalue weighted by Crippen LogP contribution is 2.33. The summed E-state index contributed by atoms with van der Waals surface area (Å²) in [5.74, 6) is 0.783. The zero-order chi connectivity index (χ0) is 20.2. The molecule has 2 aliphatic rings. The van der Waals surface area contributed by atoms with Crippen LogP contribution in [-0.4, -0.2) is 41.2 Å². The zero-order valence-corrected chi connectivity index (χ0v) is 17.6. The van der Waals surface area contributed by atoms with Gasteiger partial charge in [0.05, 0.1) is 18.5 Å². The summed E-state index contributed by atoms with van der Waals surface area (Å²) in [5, 5.41) is 7.02. The van der Waals surface area contributed by atoms with E-state index in [-0.39, 0.29) is 11.9 Å². The molecule has 0 spiro atoms. The van der Waals surface area contributed by atoms with E-state index in [1.54, 1.807) is 11.3 Å². The molecule has 2 heterocycles. The molecule has 4 rings (SSSR count). The zero-order valence-electron chi connectivity index (χ0n) is 16.9. The van der Waals surface area contributed by atoms with Crippen LogP contribution in [0.2, 0.25) is 5.02 Å². The number of hydrazone groups is 1. The molecule has 1 aromatic carbocycles. The Kier molecular flexibility index (Phi) is 6.36. The molecule has 1 atom stereocenters. The summed E-state index contributed by atoms with van der Waals surface area (Å²) in [6, 6.07) is 11.7. The maximum absolute atomic E-state index is 13.2. The smallest absolute Gasteiger partial charge is 0.257 e. The van der Waals surface area contributed by atoms with E-state index < -0.39 is 0 Å². The van der Waals surface area contributed by atoms with Crippen LogP contribution in [0.5, 0.6) is 0 Å². The summed E-state index contributed by atoms with van der Waals surface area (Å²) in [5.41, 5.74) is 1.87. The van der Waals surface area contributed by atoms with Gasteiger partial charge in [0.1, 0.15) is 11.8 Å². The molecule has 1 aliphatic carbocycles. The first-order chi connectivity index (χ1) is 14.1. The van der Waals surface area contributed by atoms with Crippen LogP contribution in [-0.2, 0) is 4.79 Å². The maximum Gasteiger partial charge on any atom is 0.257 e. The van der Waals surface area contributed by atoms with Crippen LogP contribution in [0, 0.1) is 0 Å². The molecule has 154 valence electrons. The Hall–Kier alpha value is -2.11. The van der Waals surface area contributed by atoms with Crippen LogP contribution in [0.4, 0.5) is 0 Å². The molecule has 2 aromatic rings. The lowest BCUT2D eigenvalue weighted by Gasteiger charge is -2.28. The Bertz CT molecular complexity index is 840. The Morgan fingerprint density at radius 3 is 2.55 bits per heavy atom. The summed E-state index contributed by atoms with van der Waals surface area (Å²) in [6.07, 6.45) is 9.74. The second kappa shape index (κ2) is 9.14. The van der Waals surface area contributed by atoms with E-state index in [1.807, 2.05) is 36.4 Å². The SMILES string of the molecule is CN(CC(=O)N1N=C(c2ccc(Cl)cc2)CC1c1ccco1)C1CCCCCC1. The molecule has 29 heavy (non-hydrogen) atoms. The van der Waals surface area contributed by atoms with Crippen LogP contribution in [0.25, 0.3) is 0 Å². The van der Waals surface area contributed by atoms with Gasteiger partial charge in [0.2, 0.25) is 0 Å². The average molecular weight is 414 g/mol. The molecule has 1 fully saturated rings. The summed E-state index contributed by atoms with van der Waals surface area (Å²) >= 11 is 6.03. The van der Waals surface area contributed by atoms with Gasteiger partial charge in [-0.05, 0) is 49.7 Å². The fourth-order valence-electron chi connectivity index (χ4n) is 4.37. The first-order valence-electron chi connectivity index (χ1n) is 10.5. The van der Waals surface area contributed by atoms with Crippen molar-refractivity contribution in [3.05, 3.63) is 59.0 Å². The van der Waals surface area contributed by atoms with E-state index in [2.05, 4.69) is 11.9 Å². The second-order valence-corrected chi connectivity index (χ2v) is 8.52. The Morgan fingerprint density at radius 1 is 1.17 bits per heavy atom. The van der Waals surface area contributed by atoms with Crippen molar-refractivity contribution >= 4 is 23.2 Å². The number of benzene rings is 1. The third-order valence-electron chi connectivity index (χ3n) is 6.05. The molecule has 6 heteroatoms. The van der Waals surface area contributed by atoms with Gasteiger partial charge in [-0.2, -0.15) is 5.10 Å². The fourth-order valence-corrected chi connectivity index (χ4v) is 4.50. The third kappa shape index (κ3) is 4.73. The predicted molar refractivity (Wildman–Crippen MR) is 115 cm³/mol. The van der Waals surface area contributed by atoms with Crippen molar-refractivity contribution in [3.63, 3.8) is 0 Å². The number of carbonyl (C=O) groups is 1. The molecule has 1 aromatic heterocycles. The largest absolute Gasteiger partial charge is 0.467 e. The second-order valence-electron chi connectivity index (χ2n) is 8.09. The molecular weight excluding hydrogens is 386 g/mol. The van der Waals surface area contributed by atoms with Crippen molar-refractivity contribution in [2.24, 2.45) is 5.10 Å². The van der Waals surface area contributed by atoms with Crippen molar-refractivity contribution in [1.82, 2.24) is 9.91 Å². The van der Waals surface area contributed by atoms with Crippen LogP contribution in [0.3, 0.4) is 0 Å². The average Bonchev–Trinajstić information content (AvgIpc) is 3.32. The summed E-state index contributed by atoms with van der Waals surface area (Å²) in [7, 11) is 2.07. The van der Waals surface area contributed by atoms with Gasteiger partial charge in [-0.15, -0.1) is 0 Å². The number of carbonyl (C=O) groups excluding carboxylic acids is 1. The molecule has 1 unspecified atom stereocenters. The molecule has 0 saturated heterocycles. The van der Waals surface area contributed by atoms with E-state index in [0.29, 0.717) is 24.0 Å². The van der Waals surface area contributed by atoms with Crippen molar-refractivity contribution in [3.8, 4) is 0 Å². The highest BCUT2D eigenvalue weighted by Gasteiger charge is 2.35. The molecular formula is C23H28ClN3O2. The number of amides is 1. The van der Waals surface area contributed by atoms with Crippen molar-refractivity contribution in [2.75, 3.05) is 13.6 Å². The quantitative estimate of drug-likeness (QED) is 0.627. The fraction of sp³-hybridized carbons (Fsp3) is 0.478. The lowest BCUT2D eigenvalue weighted by Crippen LogP contribution is -2.41. The first-order valence-corrected chi connectivity index (χ1v) is 10.9. The van der Waals surface area contributed by atoms with Gasteiger partial charge < -0.3 is 4.42 Å². The van der Waals surface area contributed by atoms with Gasteiger partial charge in [0, 0.05) is 17.5 Å². The van der Waals surface area contributed by atoms with Gasteiger partial charge in [-0.3, -0.25) is 9.69 Å². The highest BCUT2D eigenvalue weighted by molar-refractivity contribution is 6.30. The Balaban J connectivity index is 1.52. The van der Waals surface area contributed by atoms with Gasteiger partial charge in [0.15, 0.2) is 0 Å². The topological polar surface area (TPSA) is 49.1 Å². The van der Waals surface area contributed by atoms with E-state index in [9.17, 15) is 4.79 Å². The van der Waals surface area contributed by atoms with Crippen LogP contribution >= 0.6 is 11.6 Å². The molecule has 1 saturated carbocycles. The molecule has 0 bridgehead atoms. The van der Waals surface area contributed by atoms with Crippen LogP contribution < -0.4 is 0 Å². The number of rotatable bonds is 5. The van der Waals surface area contributed by atoms with Gasteiger partial charge >= 0.3 is 0 Å². The number of hydrogen-bond donors (Lipinski definition) is 0. The standard InChI is InChI=1S/C23H28ClN3O2/c1-26(19-7-4-2-3-5-8-19)16-23(28)27-21(22-9-6-14-29-22)15-20(25-27)17-10-12-18(24)13-11-17/h6,9-14,19,21H,2-5,7-8,15-16H2,1H3. The lowest BCUT2D eigenvalue weighted by atomic mass is 10.0. The van der Waals surface area contributed by atoms with Gasteiger partial charge in [-0.1, -0.05) is 49.4 Å². The number of nitrogens with zero attached hydrogens (tertiary/aromatic N) is 3. The van der Waals surface area contributed by atoms with Crippen molar-refractivity contribution in [1.29, 1.82) is 0 Å². The van der Waals surface area contributed by atoms with E-state index in [4.69, 9.17) is 21.1 Å². The van der Waals surface area contributed by atoms with E-state index in [1.165, 1.54) is 38.5 Å². The minimum atomic E-state index is -0.203. The predicted octanol–water partition coefficient (Wildman–Crippen LogP) is 5.27. The normalized spacial score (nSPS) is 20.7. The maximum atomic E-state index is 13.2. The molecule has 5 nitrogen and oxygen atoms in total. The van der Waals surface area contributed by atoms with Crippen molar-refractivity contribution < 1.29 is 9.21 Å². The first kappa shape index (κ1) is 20.2. The number of likely N-dealkylation sites (N-methyl/N-ethyl adjacent to an activating group) is 1. The number of halogens is 1. The van der Waals surface area contributed by atoms with Crippen LogP contribution in [0.1, 0.15) is 62.3 Å². The molecule has 0 radical (unpaired) electrons. The lowest BCUT2D eigenvalue weighted by molar-refractivity contribution is -0.134. The van der Waals surface area contributed by atoms with Gasteiger partial charge in [0.25, 0.3) is 5.91 Å². The van der Waals surface area contributed by atoms with E-state index >= 15 is 0 Å². The Morgan fingerprint density at radius 2 is 1.90 bits per heavy atom. The summed E-state index contributed by atoms with van der Waals surface area (Å²) in [4.78, 5) is 15.4. The highest BCUT2D eigenvalue weighted by atomic mass is 35.5. The monoisotopic (exact) mass is 413 g/mol. The Labute approximate surface area is 177 Å².